The predicted molar refractivity (Wildman–Crippen MR) is 183 cm³/mol. The molecule has 0 unspecified atom stereocenters. The molecule has 0 spiro atoms. The van der Waals surface area contributed by atoms with Crippen LogP contribution in [0.5, 0.6) is 0 Å². The van der Waals surface area contributed by atoms with Crippen molar-refractivity contribution in [1.29, 1.82) is 0 Å². The van der Waals surface area contributed by atoms with E-state index in [2.05, 4.69) is 128 Å². The third-order valence-electron chi connectivity index (χ3n) is 9.13. The van der Waals surface area contributed by atoms with Crippen LogP contribution in [0.2, 0.25) is 31.4 Å². The van der Waals surface area contributed by atoms with E-state index < -0.39 is 26.7 Å². The molecule has 0 amide bonds. The molecule has 2 atom stereocenters. The number of benzene rings is 1. The second-order valence-corrected chi connectivity index (χ2v) is 31.5. The molecule has 0 heterocycles. The molecule has 0 aliphatic carbocycles. The van der Waals surface area contributed by atoms with E-state index in [-0.39, 0.29) is 11.1 Å². The molecule has 0 aromatic heterocycles. The Morgan fingerprint density at radius 2 is 1.38 bits per heavy atom. The maximum absolute atomic E-state index is 7.06. The van der Waals surface area contributed by atoms with Crippen LogP contribution in [0.25, 0.3) is 0 Å². The van der Waals surface area contributed by atoms with Crippen LogP contribution < -0.4 is 0 Å². The second kappa shape index (κ2) is 18.1. The molecule has 222 valence electrons. The first-order valence-electron chi connectivity index (χ1n) is 16.1. The molecule has 3 heteroatoms. The Balaban J connectivity index is 3.19. The van der Waals surface area contributed by atoms with Gasteiger partial charge in [-0.3, -0.25) is 0 Å². The van der Waals surface area contributed by atoms with Crippen LogP contribution in [-0.2, 0) is 10.8 Å². The topological polar surface area (TPSA) is 9.23 Å². The summed E-state index contributed by atoms with van der Waals surface area (Å²) in [5, 5.41) is 0.201. The summed E-state index contributed by atoms with van der Waals surface area (Å²) in [6.07, 6.45) is 16.8. The summed E-state index contributed by atoms with van der Waals surface area (Å²) in [7, 11) is -1.89. The third kappa shape index (κ3) is 13.3. The van der Waals surface area contributed by atoms with Crippen LogP contribution in [0.1, 0.15) is 106 Å². The van der Waals surface area contributed by atoms with Crippen LogP contribution >= 0.6 is 0 Å². The molecule has 0 fully saturated rings. The Kier molecular flexibility index (Phi) is 16.9. The number of allylic oxidation sites excluding steroid dienone is 4. The summed E-state index contributed by atoms with van der Waals surface area (Å²) in [6, 6.07) is 10.9. The summed E-state index contributed by atoms with van der Waals surface area (Å²) in [4.78, 5) is 0. The average molecular weight is 660 g/mol. The molecule has 0 saturated heterocycles. The number of rotatable bonds is 18. The molecule has 39 heavy (non-hydrogen) atoms. The van der Waals surface area contributed by atoms with E-state index >= 15 is 0 Å². The van der Waals surface area contributed by atoms with Crippen LogP contribution in [0.3, 0.4) is 0 Å². The summed E-state index contributed by atoms with van der Waals surface area (Å²) < 4.78 is 14.4. The number of hydrogen-bond acceptors (Lipinski definition) is 1. The molecule has 1 aromatic carbocycles. The van der Waals surface area contributed by atoms with Gasteiger partial charge < -0.3 is 0 Å². The Labute approximate surface area is 250 Å². The van der Waals surface area contributed by atoms with Gasteiger partial charge in [-0.15, -0.1) is 0 Å². The van der Waals surface area contributed by atoms with Crippen molar-refractivity contribution in [3.8, 4) is 0 Å². The van der Waals surface area contributed by atoms with Crippen molar-refractivity contribution in [1.82, 2.24) is 0 Å². The van der Waals surface area contributed by atoms with Crippen molar-refractivity contribution in [2.75, 3.05) is 0 Å². The molecule has 0 bridgehead atoms. The molecule has 0 radical (unpaired) electrons. The van der Waals surface area contributed by atoms with Crippen molar-refractivity contribution in [2.45, 2.75) is 145 Å². The first-order valence-corrected chi connectivity index (χ1v) is 26.7. The Hall–Kier alpha value is -0.584. The maximum atomic E-state index is 7.06. The van der Waals surface area contributed by atoms with E-state index in [1.165, 1.54) is 68.5 Å². The molecule has 0 N–H and O–H groups in total. The fraction of sp³-hybridized carbons (Fsp3) is 0.667. The zero-order chi connectivity index (χ0) is 29.5. The Morgan fingerprint density at radius 3 is 1.85 bits per heavy atom. The van der Waals surface area contributed by atoms with Gasteiger partial charge in [-0.25, -0.2) is 0 Å². The first-order chi connectivity index (χ1) is 18.3. The minimum absolute atomic E-state index is 0.188. The van der Waals surface area contributed by atoms with E-state index in [1.807, 2.05) is 0 Å². The van der Waals surface area contributed by atoms with Crippen molar-refractivity contribution in [3.05, 3.63) is 69.4 Å². The van der Waals surface area contributed by atoms with E-state index in [0.29, 0.717) is 5.92 Å². The SMILES string of the molecule is CCC[CH2][Sn](/[CH]=C/C=C(C)/C(C)=C/[C@@H](C)[C@H](Cc1ccccc1)O[Si](C)(C)C(C)(C)C)([CH2]CCC)[CH2]CCC. The average Bonchev–Trinajstić information content (AvgIpc) is 2.88. The van der Waals surface area contributed by atoms with Gasteiger partial charge in [-0.1, -0.05) is 6.07 Å². The van der Waals surface area contributed by atoms with Crippen LogP contribution in [0, 0.1) is 5.92 Å². The fourth-order valence-electron chi connectivity index (χ4n) is 5.11. The van der Waals surface area contributed by atoms with Crippen LogP contribution in [0.15, 0.2) is 63.8 Å². The quantitative estimate of drug-likeness (QED) is 0.113. The second-order valence-electron chi connectivity index (χ2n) is 13.7. The number of unbranched alkanes of at least 4 members (excludes halogenated alkanes) is 3. The normalized spacial score (nSPS) is 15.7. The Morgan fingerprint density at radius 1 is 0.872 bits per heavy atom. The molecular formula is C36H64OSiSn. The Bertz CT molecular complexity index is 869. The number of hydrogen-bond donors (Lipinski definition) is 0. The van der Waals surface area contributed by atoms with Gasteiger partial charge in [-0.05, 0) is 0 Å². The fourth-order valence-corrected chi connectivity index (χ4v) is 20.6. The molecule has 0 saturated carbocycles. The van der Waals surface area contributed by atoms with Gasteiger partial charge in [0.25, 0.3) is 0 Å². The summed E-state index contributed by atoms with van der Waals surface area (Å²) >= 11 is -2.24. The predicted octanol–water partition coefficient (Wildman–Crippen LogP) is 12.1. The molecular weight excluding hydrogens is 595 g/mol. The first kappa shape index (κ1) is 36.4. The van der Waals surface area contributed by atoms with E-state index in [4.69, 9.17) is 4.43 Å². The standard InChI is InChI=1S/C24H37OSi.3C4H9.Sn/c1-10-14-19(2)20(3)17-21(4)23(18-22-15-12-11-13-16-22)25-26(8,9)24(5,6)7;3*1-3-4-2;/h1,10-17,21,23H,18H2,2-9H3;3*1,3-4H2,2H3;/b10-1?,19-14+,20-17+;;;;/t21-,23+;;;;/m1..../s1. The van der Waals surface area contributed by atoms with Gasteiger partial charge in [0, 0.05) is 0 Å². The van der Waals surface area contributed by atoms with Crippen molar-refractivity contribution >= 4 is 26.7 Å². The molecule has 1 rings (SSSR count). The summed E-state index contributed by atoms with van der Waals surface area (Å²) in [5.74, 6) is 0.351. The zero-order valence-electron chi connectivity index (χ0n) is 27.8. The van der Waals surface area contributed by atoms with Crippen LogP contribution in [0.4, 0.5) is 0 Å². The molecule has 1 aromatic rings. The molecule has 1 nitrogen and oxygen atoms in total. The van der Waals surface area contributed by atoms with Gasteiger partial charge in [-0.2, -0.15) is 0 Å². The molecule has 0 aliphatic rings. The van der Waals surface area contributed by atoms with Crippen molar-refractivity contribution in [2.24, 2.45) is 5.92 Å². The van der Waals surface area contributed by atoms with Gasteiger partial charge >= 0.3 is 245 Å². The monoisotopic (exact) mass is 660 g/mol. The molecule has 0 aliphatic heterocycles. The van der Waals surface area contributed by atoms with Gasteiger partial charge in [0.15, 0.2) is 0 Å². The van der Waals surface area contributed by atoms with Gasteiger partial charge in [0.05, 0.1) is 0 Å². The van der Waals surface area contributed by atoms with Crippen LogP contribution in [-0.4, -0.2) is 32.8 Å². The minimum atomic E-state index is -2.24. The summed E-state index contributed by atoms with van der Waals surface area (Å²) in [6.45, 7) is 25.8. The van der Waals surface area contributed by atoms with Crippen molar-refractivity contribution < 1.29 is 4.43 Å². The van der Waals surface area contributed by atoms with E-state index in [9.17, 15) is 0 Å². The summed E-state index contributed by atoms with van der Waals surface area (Å²) in [5.41, 5.74) is 4.15. The van der Waals surface area contributed by atoms with E-state index in [1.54, 1.807) is 0 Å². The van der Waals surface area contributed by atoms with Crippen molar-refractivity contribution in [3.63, 3.8) is 0 Å². The van der Waals surface area contributed by atoms with Gasteiger partial charge in [0.1, 0.15) is 0 Å². The zero-order valence-corrected chi connectivity index (χ0v) is 31.7. The van der Waals surface area contributed by atoms with E-state index in [0.717, 1.165) is 6.42 Å². The third-order valence-corrected chi connectivity index (χ3v) is 27.8. The van der Waals surface area contributed by atoms with Gasteiger partial charge in [0.2, 0.25) is 0 Å².